The molecule has 0 aromatic heterocycles. The van der Waals surface area contributed by atoms with Crippen molar-refractivity contribution in [3.05, 3.63) is 34.3 Å². The maximum Gasteiger partial charge on any atom is 0.251 e. The van der Waals surface area contributed by atoms with E-state index in [1.54, 1.807) is 24.3 Å². The van der Waals surface area contributed by atoms with Gasteiger partial charge >= 0.3 is 0 Å². The van der Waals surface area contributed by atoms with Gasteiger partial charge in [0.05, 0.1) is 19.8 Å². The highest BCUT2D eigenvalue weighted by atomic mass is 79.9. The van der Waals surface area contributed by atoms with Crippen molar-refractivity contribution in [1.29, 1.82) is 0 Å². The maximum absolute atomic E-state index is 12.2. The summed E-state index contributed by atoms with van der Waals surface area (Å²) in [5, 5.41) is 5.68. The standard InChI is InChI=1S/C20H30BrN3O3/c1-3-15(4-2)18(24-9-11-27-12-10-24)13-22-19(25)14-23-20(26)16-5-7-17(21)8-6-16/h5-8,15,18H,3-4,9-14H2,1-2H3,(H,22,25)(H,23,26). The molecule has 1 saturated heterocycles. The molecule has 6 nitrogen and oxygen atoms in total. The molecule has 7 heteroatoms. The summed E-state index contributed by atoms with van der Waals surface area (Å²) in [7, 11) is 0. The number of hydrogen-bond acceptors (Lipinski definition) is 4. The first-order chi connectivity index (χ1) is 13.0. The Kier molecular flexibility index (Phi) is 9.24. The van der Waals surface area contributed by atoms with Crippen molar-refractivity contribution in [3.63, 3.8) is 0 Å². The van der Waals surface area contributed by atoms with Gasteiger partial charge in [0.2, 0.25) is 5.91 Å². The number of ether oxygens (including phenoxy) is 1. The summed E-state index contributed by atoms with van der Waals surface area (Å²) in [6, 6.07) is 7.35. The van der Waals surface area contributed by atoms with Crippen LogP contribution in [0.2, 0.25) is 0 Å². The molecule has 1 aromatic carbocycles. The Morgan fingerprint density at radius 1 is 1.11 bits per heavy atom. The number of nitrogens with one attached hydrogen (secondary N) is 2. The van der Waals surface area contributed by atoms with Gasteiger partial charge in [-0.05, 0) is 30.2 Å². The Morgan fingerprint density at radius 3 is 2.33 bits per heavy atom. The molecule has 0 aliphatic carbocycles. The van der Waals surface area contributed by atoms with Crippen LogP contribution in [0.5, 0.6) is 0 Å². The zero-order valence-corrected chi connectivity index (χ0v) is 17.8. The lowest BCUT2D eigenvalue weighted by Crippen LogP contribution is -2.52. The van der Waals surface area contributed by atoms with E-state index in [0.29, 0.717) is 24.1 Å². The quantitative estimate of drug-likeness (QED) is 0.619. The predicted molar refractivity (Wildman–Crippen MR) is 110 cm³/mol. The van der Waals surface area contributed by atoms with E-state index in [0.717, 1.165) is 43.6 Å². The van der Waals surface area contributed by atoms with Crippen molar-refractivity contribution in [2.24, 2.45) is 5.92 Å². The molecule has 1 unspecified atom stereocenters. The van der Waals surface area contributed by atoms with Gasteiger partial charge in [0.1, 0.15) is 0 Å². The predicted octanol–water partition coefficient (Wildman–Crippen LogP) is 2.43. The van der Waals surface area contributed by atoms with Crippen LogP contribution in [0.1, 0.15) is 37.0 Å². The molecule has 1 fully saturated rings. The number of carbonyl (C=O) groups is 2. The smallest absolute Gasteiger partial charge is 0.251 e. The number of morpholine rings is 1. The van der Waals surface area contributed by atoms with Gasteiger partial charge in [-0.3, -0.25) is 14.5 Å². The molecule has 1 aromatic rings. The lowest BCUT2D eigenvalue weighted by atomic mass is 9.92. The van der Waals surface area contributed by atoms with E-state index >= 15 is 0 Å². The molecule has 1 aliphatic rings. The second-order valence-electron chi connectivity index (χ2n) is 6.79. The van der Waals surface area contributed by atoms with Gasteiger partial charge in [0.15, 0.2) is 0 Å². The Bertz CT molecular complexity index is 599. The van der Waals surface area contributed by atoms with Gasteiger partial charge in [-0.15, -0.1) is 0 Å². The van der Waals surface area contributed by atoms with Crippen LogP contribution >= 0.6 is 15.9 Å². The van der Waals surface area contributed by atoms with E-state index in [9.17, 15) is 9.59 Å². The third-order valence-electron chi connectivity index (χ3n) is 5.13. The summed E-state index contributed by atoms with van der Waals surface area (Å²) < 4.78 is 6.37. The summed E-state index contributed by atoms with van der Waals surface area (Å²) in [5.74, 6) is 0.118. The summed E-state index contributed by atoms with van der Waals surface area (Å²) in [4.78, 5) is 26.8. The number of amides is 2. The first kappa shape index (κ1) is 21.9. The van der Waals surface area contributed by atoms with Gasteiger partial charge in [-0.2, -0.15) is 0 Å². The molecule has 2 rings (SSSR count). The van der Waals surface area contributed by atoms with Crippen molar-refractivity contribution in [1.82, 2.24) is 15.5 Å². The molecule has 1 aliphatic heterocycles. The van der Waals surface area contributed by atoms with Gasteiger partial charge in [0, 0.05) is 35.7 Å². The minimum Gasteiger partial charge on any atom is -0.379 e. The SMILES string of the molecule is CCC(CC)C(CNC(=O)CNC(=O)c1ccc(Br)cc1)N1CCOCC1. The normalized spacial score (nSPS) is 16.1. The lowest BCUT2D eigenvalue weighted by molar-refractivity contribution is -0.120. The molecular weight excluding hydrogens is 410 g/mol. The highest BCUT2D eigenvalue weighted by Crippen LogP contribution is 2.19. The Hall–Kier alpha value is -1.44. The Balaban J connectivity index is 1.83. The first-order valence-electron chi connectivity index (χ1n) is 9.67. The number of benzene rings is 1. The van der Waals surface area contributed by atoms with E-state index in [2.05, 4.69) is 45.3 Å². The first-order valence-corrected chi connectivity index (χ1v) is 10.5. The van der Waals surface area contributed by atoms with Crippen LogP contribution in [-0.2, 0) is 9.53 Å². The minimum atomic E-state index is -0.248. The molecule has 2 N–H and O–H groups in total. The minimum absolute atomic E-state index is 0.0202. The fourth-order valence-electron chi connectivity index (χ4n) is 3.48. The maximum atomic E-state index is 12.2. The second-order valence-corrected chi connectivity index (χ2v) is 7.70. The van der Waals surface area contributed by atoms with E-state index in [4.69, 9.17) is 4.74 Å². The van der Waals surface area contributed by atoms with Gasteiger partial charge < -0.3 is 15.4 Å². The molecule has 0 radical (unpaired) electrons. The third kappa shape index (κ3) is 6.90. The highest BCUT2D eigenvalue weighted by molar-refractivity contribution is 9.10. The van der Waals surface area contributed by atoms with Crippen LogP contribution in [0, 0.1) is 5.92 Å². The molecule has 1 heterocycles. The number of hydrogen-bond donors (Lipinski definition) is 2. The average Bonchev–Trinajstić information content (AvgIpc) is 2.70. The van der Waals surface area contributed by atoms with E-state index in [-0.39, 0.29) is 18.4 Å². The molecule has 0 bridgehead atoms. The Labute approximate surface area is 170 Å². The van der Waals surface area contributed by atoms with Crippen LogP contribution < -0.4 is 10.6 Å². The molecule has 150 valence electrons. The molecular formula is C20H30BrN3O3. The summed E-state index contributed by atoms with van der Waals surface area (Å²) in [6.45, 7) is 8.26. The van der Waals surface area contributed by atoms with Gasteiger partial charge in [-0.1, -0.05) is 42.6 Å². The van der Waals surface area contributed by atoms with Crippen LogP contribution in [0.15, 0.2) is 28.7 Å². The number of rotatable bonds is 9. The molecule has 1 atom stereocenters. The van der Waals surface area contributed by atoms with E-state index in [1.807, 2.05) is 0 Å². The van der Waals surface area contributed by atoms with Crippen LogP contribution in [0.4, 0.5) is 0 Å². The molecule has 0 spiro atoms. The van der Waals surface area contributed by atoms with Crippen LogP contribution in [0.25, 0.3) is 0 Å². The number of halogens is 1. The summed E-state index contributed by atoms with van der Waals surface area (Å²) in [6.07, 6.45) is 2.16. The van der Waals surface area contributed by atoms with Crippen molar-refractivity contribution in [3.8, 4) is 0 Å². The van der Waals surface area contributed by atoms with Gasteiger partial charge in [-0.25, -0.2) is 0 Å². The van der Waals surface area contributed by atoms with Crippen molar-refractivity contribution in [2.45, 2.75) is 32.7 Å². The summed E-state index contributed by atoms with van der Waals surface area (Å²) >= 11 is 3.34. The molecule has 2 amide bonds. The third-order valence-corrected chi connectivity index (χ3v) is 5.66. The zero-order valence-electron chi connectivity index (χ0n) is 16.2. The monoisotopic (exact) mass is 439 g/mol. The average molecular weight is 440 g/mol. The zero-order chi connectivity index (χ0) is 19.6. The fraction of sp³-hybridized carbons (Fsp3) is 0.600. The molecule has 27 heavy (non-hydrogen) atoms. The van der Waals surface area contributed by atoms with Crippen molar-refractivity contribution < 1.29 is 14.3 Å². The fourth-order valence-corrected chi connectivity index (χ4v) is 3.74. The largest absolute Gasteiger partial charge is 0.379 e. The second kappa shape index (κ2) is 11.4. The van der Waals surface area contributed by atoms with Crippen molar-refractivity contribution >= 4 is 27.7 Å². The number of nitrogens with zero attached hydrogens (tertiary/aromatic N) is 1. The van der Waals surface area contributed by atoms with Crippen molar-refractivity contribution in [2.75, 3.05) is 39.4 Å². The highest BCUT2D eigenvalue weighted by Gasteiger charge is 2.27. The lowest BCUT2D eigenvalue weighted by Gasteiger charge is -2.38. The van der Waals surface area contributed by atoms with E-state index in [1.165, 1.54) is 0 Å². The topological polar surface area (TPSA) is 70.7 Å². The molecule has 0 saturated carbocycles. The van der Waals surface area contributed by atoms with Crippen LogP contribution in [0.3, 0.4) is 0 Å². The number of carbonyl (C=O) groups excluding carboxylic acids is 2. The van der Waals surface area contributed by atoms with E-state index < -0.39 is 0 Å². The van der Waals surface area contributed by atoms with Crippen LogP contribution in [-0.4, -0.2) is 62.1 Å². The summed E-state index contributed by atoms with van der Waals surface area (Å²) in [5.41, 5.74) is 0.536. The Morgan fingerprint density at radius 2 is 1.74 bits per heavy atom. The van der Waals surface area contributed by atoms with Gasteiger partial charge in [0.25, 0.3) is 5.91 Å².